The summed E-state index contributed by atoms with van der Waals surface area (Å²) in [7, 11) is 0. The predicted molar refractivity (Wildman–Crippen MR) is 116 cm³/mol. The fraction of sp³-hybridized carbons (Fsp3) is 0.318. The second kappa shape index (κ2) is 8.61. The number of benzene rings is 2. The molecule has 0 aliphatic rings. The number of anilines is 1. The monoisotopic (exact) mass is 395 g/mol. The molecule has 1 atom stereocenters. The summed E-state index contributed by atoms with van der Waals surface area (Å²) in [5, 5.41) is 3.70. The van der Waals surface area contributed by atoms with E-state index >= 15 is 0 Å². The SMILES string of the molecule is CCn1c(S[C@H](C)C(=O)Nc2ccc(C(C)C)cc2)nc2ccccc2c1=O. The molecule has 0 aliphatic heterocycles. The number of para-hydroxylation sites is 1. The standard InChI is InChI=1S/C22H25N3O2S/c1-5-25-21(27)18-8-6-7-9-19(18)24-22(25)28-15(4)20(26)23-17-12-10-16(11-13-17)14(2)3/h6-15H,5H2,1-4H3,(H,23,26)/t15-/m1/s1. The van der Waals surface area contributed by atoms with Gasteiger partial charge in [-0.25, -0.2) is 4.98 Å². The van der Waals surface area contributed by atoms with Crippen LogP contribution in [0.2, 0.25) is 0 Å². The number of fused-ring (bicyclic) bond motifs is 1. The van der Waals surface area contributed by atoms with E-state index in [0.717, 1.165) is 5.69 Å². The van der Waals surface area contributed by atoms with E-state index in [1.54, 1.807) is 10.6 Å². The quantitative estimate of drug-likeness (QED) is 0.487. The number of carbonyl (C=O) groups excluding carboxylic acids is 1. The van der Waals surface area contributed by atoms with E-state index in [1.165, 1.54) is 17.3 Å². The van der Waals surface area contributed by atoms with Crippen molar-refractivity contribution in [1.82, 2.24) is 9.55 Å². The summed E-state index contributed by atoms with van der Waals surface area (Å²) in [5.41, 5.74) is 2.57. The van der Waals surface area contributed by atoms with E-state index in [4.69, 9.17) is 0 Å². The Balaban J connectivity index is 1.79. The average molecular weight is 396 g/mol. The van der Waals surface area contributed by atoms with Gasteiger partial charge in [0.2, 0.25) is 5.91 Å². The van der Waals surface area contributed by atoms with Gasteiger partial charge >= 0.3 is 0 Å². The molecule has 5 nitrogen and oxygen atoms in total. The van der Waals surface area contributed by atoms with E-state index in [2.05, 4.69) is 24.1 Å². The lowest BCUT2D eigenvalue weighted by atomic mass is 10.0. The Morgan fingerprint density at radius 1 is 1.11 bits per heavy atom. The molecular formula is C22H25N3O2S. The Morgan fingerprint density at radius 2 is 1.79 bits per heavy atom. The predicted octanol–water partition coefficient (Wildman–Crippen LogP) is 4.66. The van der Waals surface area contributed by atoms with Crippen LogP contribution in [0.4, 0.5) is 5.69 Å². The fourth-order valence-electron chi connectivity index (χ4n) is 2.92. The van der Waals surface area contributed by atoms with Crippen LogP contribution in [0.25, 0.3) is 10.9 Å². The molecular weight excluding hydrogens is 370 g/mol. The molecule has 0 unspecified atom stereocenters. The van der Waals surface area contributed by atoms with Crippen molar-refractivity contribution in [2.75, 3.05) is 5.32 Å². The van der Waals surface area contributed by atoms with E-state index in [9.17, 15) is 9.59 Å². The Labute approximate surface area is 169 Å². The van der Waals surface area contributed by atoms with Crippen molar-refractivity contribution in [1.29, 1.82) is 0 Å². The highest BCUT2D eigenvalue weighted by atomic mass is 32.2. The molecule has 1 amide bonds. The van der Waals surface area contributed by atoms with Crippen LogP contribution in [0.1, 0.15) is 39.2 Å². The molecule has 146 valence electrons. The maximum absolute atomic E-state index is 12.7. The highest BCUT2D eigenvalue weighted by molar-refractivity contribution is 8.00. The van der Waals surface area contributed by atoms with Crippen molar-refractivity contribution in [3.8, 4) is 0 Å². The first-order valence-electron chi connectivity index (χ1n) is 9.47. The molecule has 6 heteroatoms. The van der Waals surface area contributed by atoms with Gasteiger partial charge in [-0.1, -0.05) is 49.9 Å². The number of amides is 1. The Kier molecular flexibility index (Phi) is 6.19. The second-order valence-corrected chi connectivity index (χ2v) is 8.29. The number of nitrogens with one attached hydrogen (secondary N) is 1. The van der Waals surface area contributed by atoms with Crippen molar-refractivity contribution in [2.24, 2.45) is 0 Å². The fourth-order valence-corrected chi connectivity index (χ4v) is 3.90. The van der Waals surface area contributed by atoms with Crippen molar-refractivity contribution < 1.29 is 4.79 Å². The molecule has 0 fully saturated rings. The van der Waals surface area contributed by atoms with Gasteiger partial charge in [0, 0.05) is 12.2 Å². The third kappa shape index (κ3) is 4.28. The van der Waals surface area contributed by atoms with Crippen LogP contribution in [-0.4, -0.2) is 20.7 Å². The van der Waals surface area contributed by atoms with Crippen LogP contribution in [0, 0.1) is 0 Å². The minimum Gasteiger partial charge on any atom is -0.325 e. The maximum atomic E-state index is 12.7. The molecule has 1 aromatic heterocycles. The summed E-state index contributed by atoms with van der Waals surface area (Å²) in [6.45, 7) is 8.50. The molecule has 3 rings (SSSR count). The van der Waals surface area contributed by atoms with Gasteiger partial charge < -0.3 is 5.32 Å². The third-order valence-corrected chi connectivity index (χ3v) is 5.73. The number of aromatic nitrogens is 2. The first-order chi connectivity index (χ1) is 13.4. The normalized spacial score (nSPS) is 12.3. The van der Waals surface area contributed by atoms with Gasteiger partial charge in [0.25, 0.3) is 5.56 Å². The summed E-state index contributed by atoms with van der Waals surface area (Å²) in [5.74, 6) is 0.330. The second-order valence-electron chi connectivity index (χ2n) is 6.99. The van der Waals surface area contributed by atoms with Crippen LogP contribution in [0.15, 0.2) is 58.5 Å². The maximum Gasteiger partial charge on any atom is 0.262 e. The van der Waals surface area contributed by atoms with Crippen molar-refractivity contribution in [3.63, 3.8) is 0 Å². The Morgan fingerprint density at radius 3 is 2.43 bits per heavy atom. The van der Waals surface area contributed by atoms with Crippen LogP contribution < -0.4 is 10.9 Å². The van der Waals surface area contributed by atoms with Crippen LogP contribution >= 0.6 is 11.8 Å². The Bertz CT molecular complexity index is 1040. The molecule has 0 radical (unpaired) electrons. The Hall–Kier alpha value is -2.60. The van der Waals surface area contributed by atoms with Crippen LogP contribution in [-0.2, 0) is 11.3 Å². The van der Waals surface area contributed by atoms with Gasteiger partial charge in [-0.05, 0) is 49.6 Å². The molecule has 2 aromatic carbocycles. The summed E-state index contributed by atoms with van der Waals surface area (Å²) >= 11 is 1.30. The van der Waals surface area contributed by atoms with E-state index < -0.39 is 5.25 Å². The van der Waals surface area contributed by atoms with Gasteiger partial charge in [0.15, 0.2) is 5.16 Å². The molecule has 28 heavy (non-hydrogen) atoms. The molecule has 0 bridgehead atoms. The van der Waals surface area contributed by atoms with E-state index in [-0.39, 0.29) is 11.5 Å². The lowest BCUT2D eigenvalue weighted by molar-refractivity contribution is -0.115. The van der Waals surface area contributed by atoms with Crippen molar-refractivity contribution >= 4 is 34.3 Å². The minimum atomic E-state index is -0.393. The number of carbonyl (C=O) groups is 1. The van der Waals surface area contributed by atoms with Gasteiger partial charge in [-0.2, -0.15) is 0 Å². The van der Waals surface area contributed by atoms with Gasteiger partial charge in [0.05, 0.1) is 16.2 Å². The zero-order chi connectivity index (χ0) is 20.3. The number of nitrogens with zero attached hydrogens (tertiary/aromatic N) is 2. The molecule has 0 spiro atoms. The molecule has 0 saturated heterocycles. The topological polar surface area (TPSA) is 64.0 Å². The average Bonchev–Trinajstić information content (AvgIpc) is 2.68. The third-order valence-electron chi connectivity index (χ3n) is 4.64. The lowest BCUT2D eigenvalue weighted by Crippen LogP contribution is -2.26. The summed E-state index contributed by atoms with van der Waals surface area (Å²) < 4.78 is 1.62. The molecule has 0 saturated carbocycles. The summed E-state index contributed by atoms with van der Waals surface area (Å²) in [6.07, 6.45) is 0. The van der Waals surface area contributed by atoms with E-state index in [1.807, 2.05) is 56.3 Å². The molecule has 0 aliphatic carbocycles. The highest BCUT2D eigenvalue weighted by Gasteiger charge is 2.19. The minimum absolute atomic E-state index is 0.0764. The summed E-state index contributed by atoms with van der Waals surface area (Å²) in [4.78, 5) is 30.0. The van der Waals surface area contributed by atoms with Crippen LogP contribution in [0.5, 0.6) is 0 Å². The molecule has 3 aromatic rings. The highest BCUT2D eigenvalue weighted by Crippen LogP contribution is 2.24. The zero-order valence-corrected chi connectivity index (χ0v) is 17.4. The van der Waals surface area contributed by atoms with Crippen molar-refractivity contribution in [2.45, 2.75) is 50.6 Å². The largest absolute Gasteiger partial charge is 0.325 e. The molecule has 1 N–H and O–H groups in total. The number of hydrogen-bond acceptors (Lipinski definition) is 4. The van der Waals surface area contributed by atoms with Crippen molar-refractivity contribution in [3.05, 3.63) is 64.4 Å². The van der Waals surface area contributed by atoms with E-state index in [0.29, 0.717) is 28.5 Å². The lowest BCUT2D eigenvalue weighted by Gasteiger charge is -2.15. The first kappa shape index (κ1) is 20.1. The smallest absolute Gasteiger partial charge is 0.262 e. The summed E-state index contributed by atoms with van der Waals surface area (Å²) in [6, 6.07) is 15.2. The first-order valence-corrected chi connectivity index (χ1v) is 10.4. The number of hydrogen-bond donors (Lipinski definition) is 1. The molecule has 1 heterocycles. The van der Waals surface area contributed by atoms with Crippen LogP contribution in [0.3, 0.4) is 0 Å². The number of rotatable bonds is 6. The van der Waals surface area contributed by atoms with Gasteiger partial charge in [-0.15, -0.1) is 0 Å². The van der Waals surface area contributed by atoms with Gasteiger partial charge in [-0.3, -0.25) is 14.2 Å². The zero-order valence-electron chi connectivity index (χ0n) is 16.6. The number of thioether (sulfide) groups is 1. The van der Waals surface area contributed by atoms with Gasteiger partial charge in [0.1, 0.15) is 0 Å².